The molecule has 1 rings (SSSR count). The second-order valence-corrected chi connectivity index (χ2v) is 12.7. The molecule has 0 spiro atoms. The minimum absolute atomic E-state index is 0.775. The molecule has 0 heterocycles. The van der Waals surface area contributed by atoms with Crippen LogP contribution in [0.1, 0.15) is 41.5 Å². The molecule has 0 aromatic heterocycles. The van der Waals surface area contributed by atoms with Gasteiger partial charge in [-0.05, 0) is 28.8 Å². The van der Waals surface area contributed by atoms with Crippen LogP contribution >= 0.6 is 15.9 Å². The molecule has 0 aliphatic carbocycles. The molecular weight excluding hydrogens is 288 g/mol. The van der Waals surface area contributed by atoms with Gasteiger partial charge >= 0.3 is 0 Å². The average Bonchev–Trinajstić information content (AvgIpc) is 2.16. The summed E-state index contributed by atoms with van der Waals surface area (Å²) in [5.41, 5.74) is 2.32. The summed E-state index contributed by atoms with van der Waals surface area (Å²) < 4.78 is 1.22. The molecule has 1 aromatic rings. The molecule has 0 fully saturated rings. The Labute approximate surface area is 116 Å². The van der Waals surface area contributed by atoms with E-state index in [1.807, 2.05) is 0 Å². The molecule has 0 nitrogen and oxygen atoms in total. The van der Waals surface area contributed by atoms with Crippen LogP contribution in [0.2, 0.25) is 16.6 Å². The van der Waals surface area contributed by atoms with Crippen LogP contribution in [0.15, 0.2) is 28.7 Å². The lowest BCUT2D eigenvalue weighted by Gasteiger charge is -2.43. The monoisotopic (exact) mass is 312 g/mol. The molecule has 0 amide bonds. The lowest BCUT2D eigenvalue weighted by atomic mass is 10.4. The van der Waals surface area contributed by atoms with Gasteiger partial charge in [-0.15, -0.1) is 0 Å². The second kappa shape index (κ2) is 5.70. The highest BCUT2D eigenvalue weighted by Gasteiger charge is 2.44. The van der Waals surface area contributed by atoms with Gasteiger partial charge in [-0.2, -0.15) is 0 Å². The van der Waals surface area contributed by atoms with Gasteiger partial charge in [0.1, 0.15) is 0 Å². The molecule has 17 heavy (non-hydrogen) atoms. The largest absolute Gasteiger partial charge is 0.0942 e. The highest BCUT2D eigenvalue weighted by Crippen LogP contribution is 2.41. The zero-order chi connectivity index (χ0) is 13.2. The van der Waals surface area contributed by atoms with E-state index in [1.54, 1.807) is 5.19 Å². The smallest absolute Gasteiger partial charge is 0.0648 e. The van der Waals surface area contributed by atoms with Crippen molar-refractivity contribution in [1.29, 1.82) is 0 Å². The average molecular weight is 313 g/mol. The SMILES string of the molecule is CC(C)[Si](c1cccc(Br)c1)(C(C)C)C(C)C. The van der Waals surface area contributed by atoms with E-state index in [0.29, 0.717) is 0 Å². The van der Waals surface area contributed by atoms with Gasteiger partial charge in [0.15, 0.2) is 0 Å². The van der Waals surface area contributed by atoms with Crippen molar-refractivity contribution in [1.82, 2.24) is 0 Å². The zero-order valence-corrected chi connectivity index (χ0v) is 14.5. The predicted octanol–water partition coefficient (Wildman–Crippen LogP) is 5.33. The van der Waals surface area contributed by atoms with Crippen molar-refractivity contribution >= 4 is 29.2 Å². The maximum atomic E-state index is 3.62. The van der Waals surface area contributed by atoms with Gasteiger partial charge < -0.3 is 0 Å². The molecule has 96 valence electrons. The Kier molecular flexibility index (Phi) is 5.03. The van der Waals surface area contributed by atoms with E-state index < -0.39 is 8.07 Å². The lowest BCUT2D eigenvalue weighted by Crippen LogP contribution is -2.55. The van der Waals surface area contributed by atoms with Crippen LogP contribution in [0.25, 0.3) is 0 Å². The fraction of sp³-hybridized carbons (Fsp3) is 0.600. The van der Waals surface area contributed by atoms with E-state index in [2.05, 4.69) is 81.7 Å². The molecule has 0 radical (unpaired) electrons. The van der Waals surface area contributed by atoms with Crippen molar-refractivity contribution in [2.24, 2.45) is 0 Å². The second-order valence-electron chi connectivity index (χ2n) is 5.91. The van der Waals surface area contributed by atoms with Crippen LogP contribution in [0, 0.1) is 0 Å². The topological polar surface area (TPSA) is 0 Å². The van der Waals surface area contributed by atoms with E-state index in [4.69, 9.17) is 0 Å². The Hall–Kier alpha value is -0.0831. The quantitative estimate of drug-likeness (QED) is 0.659. The van der Waals surface area contributed by atoms with Crippen LogP contribution in [0.4, 0.5) is 0 Å². The Morgan fingerprint density at radius 2 is 1.35 bits per heavy atom. The number of rotatable bonds is 4. The number of benzene rings is 1. The highest BCUT2D eigenvalue weighted by atomic mass is 79.9. The normalized spacial score (nSPS) is 12.8. The molecule has 0 unspecified atom stereocenters. The van der Waals surface area contributed by atoms with Gasteiger partial charge in [0.2, 0.25) is 0 Å². The van der Waals surface area contributed by atoms with Crippen molar-refractivity contribution in [2.75, 3.05) is 0 Å². The Balaban J connectivity index is 3.41. The maximum Gasteiger partial charge on any atom is 0.0942 e. The van der Waals surface area contributed by atoms with Gasteiger partial charge in [-0.3, -0.25) is 0 Å². The summed E-state index contributed by atoms with van der Waals surface area (Å²) in [5.74, 6) is 0. The summed E-state index contributed by atoms with van der Waals surface area (Å²) in [7, 11) is -1.47. The first-order chi connectivity index (χ1) is 7.83. The van der Waals surface area contributed by atoms with Gasteiger partial charge in [0, 0.05) is 4.47 Å². The minimum Gasteiger partial charge on any atom is -0.0648 e. The summed E-state index contributed by atoms with van der Waals surface area (Å²) >= 11 is 3.62. The van der Waals surface area contributed by atoms with E-state index in [1.165, 1.54) is 4.47 Å². The number of hydrogen-bond acceptors (Lipinski definition) is 0. The highest BCUT2D eigenvalue weighted by molar-refractivity contribution is 9.10. The van der Waals surface area contributed by atoms with Gasteiger partial charge in [-0.1, -0.05) is 74.8 Å². The Bertz CT molecular complexity index is 347. The van der Waals surface area contributed by atoms with Crippen molar-refractivity contribution < 1.29 is 0 Å². The van der Waals surface area contributed by atoms with Gasteiger partial charge in [-0.25, -0.2) is 0 Å². The third-order valence-electron chi connectivity index (χ3n) is 4.19. The van der Waals surface area contributed by atoms with Crippen LogP contribution in [0.5, 0.6) is 0 Å². The molecule has 0 aliphatic heterocycles. The molecule has 0 saturated carbocycles. The molecular formula is C15H25BrSi. The fourth-order valence-corrected chi connectivity index (χ4v) is 11.2. The van der Waals surface area contributed by atoms with E-state index in [0.717, 1.165) is 16.6 Å². The molecule has 0 N–H and O–H groups in total. The van der Waals surface area contributed by atoms with Crippen LogP contribution < -0.4 is 5.19 Å². The van der Waals surface area contributed by atoms with Crippen molar-refractivity contribution in [2.45, 2.75) is 58.2 Å². The summed E-state index contributed by atoms with van der Waals surface area (Å²) in [5, 5.41) is 1.60. The first-order valence-corrected chi connectivity index (χ1v) is 9.62. The lowest BCUT2D eigenvalue weighted by molar-refractivity contribution is 0.835. The molecule has 0 aliphatic rings. The van der Waals surface area contributed by atoms with Crippen LogP contribution in [-0.4, -0.2) is 8.07 Å². The van der Waals surface area contributed by atoms with Gasteiger partial charge in [0.05, 0.1) is 8.07 Å². The van der Waals surface area contributed by atoms with E-state index in [-0.39, 0.29) is 0 Å². The fourth-order valence-electron chi connectivity index (χ4n) is 3.76. The predicted molar refractivity (Wildman–Crippen MR) is 84.8 cm³/mol. The summed E-state index contributed by atoms with van der Waals surface area (Å²) in [6.45, 7) is 14.5. The van der Waals surface area contributed by atoms with Crippen molar-refractivity contribution in [3.05, 3.63) is 28.7 Å². The summed E-state index contributed by atoms with van der Waals surface area (Å²) in [6.07, 6.45) is 0. The van der Waals surface area contributed by atoms with Gasteiger partial charge in [0.25, 0.3) is 0 Å². The minimum atomic E-state index is -1.47. The van der Waals surface area contributed by atoms with E-state index in [9.17, 15) is 0 Å². The van der Waals surface area contributed by atoms with E-state index >= 15 is 0 Å². The van der Waals surface area contributed by atoms with Crippen molar-refractivity contribution in [3.8, 4) is 0 Å². The standard InChI is InChI=1S/C15H25BrSi/c1-11(2)17(12(3)4,13(5)6)15-9-7-8-14(16)10-15/h7-13H,1-6H3. The molecule has 1 aromatic carbocycles. The van der Waals surface area contributed by atoms with Crippen LogP contribution in [-0.2, 0) is 0 Å². The molecule has 0 atom stereocenters. The third kappa shape index (κ3) is 2.68. The number of halogens is 1. The zero-order valence-electron chi connectivity index (χ0n) is 11.9. The third-order valence-corrected chi connectivity index (χ3v) is 11.7. The molecule has 0 bridgehead atoms. The maximum absolute atomic E-state index is 3.62. The molecule has 0 saturated heterocycles. The Morgan fingerprint density at radius 1 is 0.882 bits per heavy atom. The molecule has 2 heteroatoms. The first kappa shape index (κ1) is 15.0. The summed E-state index contributed by atoms with van der Waals surface area (Å²) in [6, 6.07) is 9.02. The van der Waals surface area contributed by atoms with Crippen molar-refractivity contribution in [3.63, 3.8) is 0 Å². The van der Waals surface area contributed by atoms with Crippen LogP contribution in [0.3, 0.4) is 0 Å². The number of hydrogen-bond donors (Lipinski definition) is 0. The summed E-state index contributed by atoms with van der Waals surface area (Å²) in [4.78, 5) is 0. The first-order valence-electron chi connectivity index (χ1n) is 6.59. The Morgan fingerprint density at radius 3 is 1.71 bits per heavy atom.